The number of nitrogens with zero attached hydrogens (tertiary/aromatic N) is 3. The highest BCUT2D eigenvalue weighted by Crippen LogP contribution is 2.38. The summed E-state index contributed by atoms with van der Waals surface area (Å²) in [7, 11) is 1.80. The molecule has 0 aliphatic heterocycles. The van der Waals surface area contributed by atoms with Crippen LogP contribution in [0.4, 0.5) is 0 Å². The van der Waals surface area contributed by atoms with Gasteiger partial charge in [-0.3, -0.25) is 4.57 Å². The maximum Gasteiger partial charge on any atom is 0.345 e. The quantitative estimate of drug-likeness (QED) is 0.642. The molecular formula is C8H13N3O. The predicted octanol–water partition coefficient (Wildman–Crippen LogP) is 0.479. The normalized spacial score (nSPS) is 16.8. The fraction of sp³-hybridized carbons (Fsp3) is 0.750. The highest BCUT2D eigenvalue weighted by molar-refractivity contribution is 5.04. The van der Waals surface area contributed by atoms with Crippen LogP contribution in [-0.4, -0.2) is 14.3 Å². The zero-order valence-corrected chi connectivity index (χ0v) is 7.45. The molecule has 4 heteroatoms. The summed E-state index contributed by atoms with van der Waals surface area (Å²) in [6, 6.07) is 0. The van der Waals surface area contributed by atoms with E-state index in [1.807, 2.05) is 6.92 Å². The third kappa shape index (κ3) is 0.983. The van der Waals surface area contributed by atoms with Gasteiger partial charge in [0.2, 0.25) is 0 Å². The Labute approximate surface area is 70.8 Å². The second-order valence-corrected chi connectivity index (χ2v) is 3.29. The molecule has 0 bridgehead atoms. The number of hydrogen-bond acceptors (Lipinski definition) is 2. The third-order valence-corrected chi connectivity index (χ3v) is 2.32. The molecular weight excluding hydrogens is 154 g/mol. The molecule has 4 nitrogen and oxygen atoms in total. The van der Waals surface area contributed by atoms with Crippen molar-refractivity contribution in [2.24, 2.45) is 7.05 Å². The summed E-state index contributed by atoms with van der Waals surface area (Å²) in [5, 5.41) is 4.26. The minimum atomic E-state index is 0.0133. The van der Waals surface area contributed by atoms with Gasteiger partial charge in [-0.15, -0.1) is 0 Å². The van der Waals surface area contributed by atoms with Crippen molar-refractivity contribution < 1.29 is 0 Å². The summed E-state index contributed by atoms with van der Waals surface area (Å²) in [6.07, 6.45) is 2.38. The van der Waals surface area contributed by atoms with Crippen LogP contribution < -0.4 is 5.69 Å². The summed E-state index contributed by atoms with van der Waals surface area (Å²) in [5.74, 6) is 1.51. The molecule has 1 aromatic rings. The van der Waals surface area contributed by atoms with E-state index in [4.69, 9.17) is 0 Å². The number of rotatable bonds is 2. The van der Waals surface area contributed by atoms with E-state index >= 15 is 0 Å². The van der Waals surface area contributed by atoms with Crippen molar-refractivity contribution in [1.29, 1.82) is 0 Å². The Balaban J connectivity index is 2.48. The van der Waals surface area contributed by atoms with E-state index in [1.165, 1.54) is 17.5 Å². The van der Waals surface area contributed by atoms with Crippen molar-refractivity contribution >= 4 is 0 Å². The molecule has 0 radical (unpaired) electrons. The average molecular weight is 167 g/mol. The Kier molecular flexibility index (Phi) is 1.56. The molecule has 0 spiro atoms. The predicted molar refractivity (Wildman–Crippen MR) is 45.1 cm³/mol. The fourth-order valence-electron chi connectivity index (χ4n) is 1.41. The molecule has 1 fully saturated rings. The van der Waals surface area contributed by atoms with Gasteiger partial charge in [-0.05, 0) is 19.8 Å². The fourth-order valence-corrected chi connectivity index (χ4v) is 1.41. The van der Waals surface area contributed by atoms with Crippen LogP contribution in [-0.2, 0) is 13.6 Å². The van der Waals surface area contributed by atoms with Gasteiger partial charge in [0.05, 0.1) is 0 Å². The van der Waals surface area contributed by atoms with Gasteiger partial charge in [0.1, 0.15) is 5.82 Å². The molecule has 1 aliphatic carbocycles. The topological polar surface area (TPSA) is 39.8 Å². The monoisotopic (exact) mass is 167 g/mol. The van der Waals surface area contributed by atoms with Gasteiger partial charge in [0, 0.05) is 19.5 Å². The Morgan fingerprint density at radius 3 is 2.67 bits per heavy atom. The van der Waals surface area contributed by atoms with Crippen LogP contribution in [0.2, 0.25) is 0 Å². The summed E-state index contributed by atoms with van der Waals surface area (Å²) in [6.45, 7) is 2.60. The molecule has 1 saturated carbocycles. The smallest absolute Gasteiger partial charge is 0.282 e. The Bertz CT molecular complexity index is 346. The lowest BCUT2D eigenvalue weighted by Gasteiger charge is -1.91. The minimum absolute atomic E-state index is 0.0133. The van der Waals surface area contributed by atoms with E-state index in [0.717, 1.165) is 5.82 Å². The molecule has 12 heavy (non-hydrogen) atoms. The number of hydrogen-bond donors (Lipinski definition) is 0. The molecule has 1 heterocycles. The van der Waals surface area contributed by atoms with Crippen LogP contribution in [0.15, 0.2) is 4.79 Å². The van der Waals surface area contributed by atoms with Gasteiger partial charge >= 0.3 is 5.69 Å². The molecule has 0 unspecified atom stereocenters. The first kappa shape index (κ1) is 7.58. The SMILES string of the molecule is CCn1nc(C2CC2)n(C)c1=O. The van der Waals surface area contributed by atoms with Crippen LogP contribution in [0.3, 0.4) is 0 Å². The maximum atomic E-state index is 11.4. The van der Waals surface area contributed by atoms with Crippen molar-refractivity contribution in [3.63, 3.8) is 0 Å². The molecule has 0 atom stereocenters. The summed E-state index contributed by atoms with van der Waals surface area (Å²) >= 11 is 0. The van der Waals surface area contributed by atoms with Gasteiger partial charge in [0.15, 0.2) is 0 Å². The zero-order valence-electron chi connectivity index (χ0n) is 7.45. The van der Waals surface area contributed by atoms with Gasteiger partial charge in [0.25, 0.3) is 0 Å². The minimum Gasteiger partial charge on any atom is -0.282 e. The highest BCUT2D eigenvalue weighted by atomic mass is 16.2. The van der Waals surface area contributed by atoms with Crippen molar-refractivity contribution in [3.8, 4) is 0 Å². The van der Waals surface area contributed by atoms with Crippen molar-refractivity contribution in [1.82, 2.24) is 14.3 Å². The second kappa shape index (κ2) is 2.47. The van der Waals surface area contributed by atoms with E-state index in [9.17, 15) is 4.79 Å². The van der Waals surface area contributed by atoms with E-state index in [1.54, 1.807) is 11.6 Å². The first-order chi connectivity index (χ1) is 5.74. The summed E-state index contributed by atoms with van der Waals surface area (Å²) < 4.78 is 3.19. The lowest BCUT2D eigenvalue weighted by molar-refractivity contribution is 0.620. The molecule has 1 aliphatic rings. The zero-order chi connectivity index (χ0) is 8.72. The van der Waals surface area contributed by atoms with Crippen molar-refractivity contribution in [3.05, 3.63) is 16.3 Å². The van der Waals surface area contributed by atoms with Gasteiger partial charge in [-0.2, -0.15) is 5.10 Å². The first-order valence-electron chi connectivity index (χ1n) is 4.37. The van der Waals surface area contributed by atoms with Gasteiger partial charge in [-0.25, -0.2) is 9.48 Å². The standard InChI is InChI=1S/C8H13N3O/c1-3-11-8(12)10(2)7(9-11)6-4-5-6/h6H,3-5H2,1-2H3. The molecule has 66 valence electrons. The van der Waals surface area contributed by atoms with Crippen molar-refractivity contribution in [2.75, 3.05) is 0 Å². The van der Waals surface area contributed by atoms with Crippen LogP contribution >= 0.6 is 0 Å². The van der Waals surface area contributed by atoms with Crippen LogP contribution in [0.5, 0.6) is 0 Å². The molecule has 0 N–H and O–H groups in total. The van der Waals surface area contributed by atoms with E-state index < -0.39 is 0 Å². The lowest BCUT2D eigenvalue weighted by atomic mass is 10.4. The third-order valence-electron chi connectivity index (χ3n) is 2.32. The summed E-state index contributed by atoms with van der Waals surface area (Å²) in [5.41, 5.74) is 0.0133. The molecule has 0 amide bonds. The lowest BCUT2D eigenvalue weighted by Crippen LogP contribution is -2.22. The summed E-state index contributed by atoms with van der Waals surface area (Å²) in [4.78, 5) is 11.4. The molecule has 2 rings (SSSR count). The van der Waals surface area contributed by atoms with Crippen LogP contribution in [0.1, 0.15) is 31.5 Å². The van der Waals surface area contributed by atoms with E-state index in [2.05, 4.69) is 5.10 Å². The molecule has 0 saturated heterocycles. The maximum absolute atomic E-state index is 11.4. The Morgan fingerprint density at radius 2 is 2.25 bits per heavy atom. The average Bonchev–Trinajstić information content (AvgIpc) is 2.84. The van der Waals surface area contributed by atoms with Crippen molar-refractivity contribution in [2.45, 2.75) is 32.2 Å². The van der Waals surface area contributed by atoms with Crippen LogP contribution in [0.25, 0.3) is 0 Å². The number of aromatic nitrogens is 3. The number of aryl methyl sites for hydroxylation is 1. The first-order valence-corrected chi connectivity index (χ1v) is 4.37. The molecule has 1 aromatic heterocycles. The molecule has 0 aromatic carbocycles. The Hall–Kier alpha value is -1.06. The van der Waals surface area contributed by atoms with Gasteiger partial charge in [-0.1, -0.05) is 0 Å². The second-order valence-electron chi connectivity index (χ2n) is 3.29. The van der Waals surface area contributed by atoms with Gasteiger partial charge < -0.3 is 0 Å². The largest absolute Gasteiger partial charge is 0.345 e. The van der Waals surface area contributed by atoms with E-state index in [0.29, 0.717) is 12.5 Å². The van der Waals surface area contributed by atoms with E-state index in [-0.39, 0.29) is 5.69 Å². The van der Waals surface area contributed by atoms with Crippen LogP contribution in [0, 0.1) is 0 Å². The Morgan fingerprint density at radius 1 is 1.58 bits per heavy atom. The highest BCUT2D eigenvalue weighted by Gasteiger charge is 2.29.